The number of ketones is 2. The Morgan fingerprint density at radius 2 is 2.00 bits per heavy atom. The van der Waals surface area contributed by atoms with Crippen LogP contribution in [-0.4, -0.2) is 35.2 Å². The maximum absolute atomic E-state index is 13.2. The van der Waals surface area contributed by atoms with Crippen molar-refractivity contribution in [3.05, 3.63) is 69.9 Å². The number of Topliss-reactive ketones (excluding diaryl/α,β-unsaturated/α-hetero) is 2. The highest BCUT2D eigenvalue weighted by molar-refractivity contribution is 6.39. The van der Waals surface area contributed by atoms with Crippen molar-refractivity contribution in [3.8, 4) is 0 Å². The van der Waals surface area contributed by atoms with E-state index in [-0.39, 0.29) is 30.2 Å². The van der Waals surface area contributed by atoms with Crippen LogP contribution in [0.1, 0.15) is 45.9 Å². The van der Waals surface area contributed by atoms with Crippen molar-refractivity contribution in [1.29, 1.82) is 0 Å². The van der Waals surface area contributed by atoms with Crippen molar-refractivity contribution >= 4 is 41.0 Å². The van der Waals surface area contributed by atoms with Crippen LogP contribution in [0, 0.1) is 25.7 Å². The van der Waals surface area contributed by atoms with Crippen LogP contribution in [0.25, 0.3) is 0 Å². The van der Waals surface area contributed by atoms with E-state index in [2.05, 4.69) is 15.3 Å². The van der Waals surface area contributed by atoms with E-state index in [1.54, 1.807) is 12.1 Å². The molecule has 2 atom stereocenters. The molecule has 1 heterocycles. The minimum atomic E-state index is -0.832. The van der Waals surface area contributed by atoms with Crippen molar-refractivity contribution < 1.29 is 18.8 Å². The molecule has 3 rings (SSSR count). The fraction of sp³-hybridized carbons (Fsp3) is 0.292. The number of aromatic nitrogens is 1. The van der Waals surface area contributed by atoms with Gasteiger partial charge in [0.05, 0.1) is 10.7 Å². The van der Waals surface area contributed by atoms with Crippen LogP contribution in [0.3, 0.4) is 0 Å². The number of halogens is 2. The number of aliphatic imine (C=N–C) groups is 1. The molecule has 7 nitrogen and oxygen atoms in total. The van der Waals surface area contributed by atoms with Gasteiger partial charge in [-0.15, -0.1) is 0 Å². The fourth-order valence-electron chi connectivity index (χ4n) is 4.05. The minimum absolute atomic E-state index is 0.0426. The van der Waals surface area contributed by atoms with E-state index >= 15 is 0 Å². The van der Waals surface area contributed by atoms with E-state index in [9.17, 15) is 18.8 Å². The van der Waals surface area contributed by atoms with Crippen molar-refractivity contribution in [3.63, 3.8) is 0 Å². The molecule has 1 aliphatic rings. The van der Waals surface area contributed by atoms with Gasteiger partial charge in [-0.05, 0) is 61.2 Å². The molecule has 33 heavy (non-hydrogen) atoms. The molecule has 1 aromatic carbocycles. The number of carbonyl (C=O) groups is 3. The Balaban J connectivity index is 1.68. The SMILES string of the molecule is Cc1cc(N=CC(Cl)=CN)cc(C)c1C1C(=O)CC(CCNC(=O)c2cccc(F)n2)C1=O. The first-order valence-electron chi connectivity index (χ1n) is 10.4. The van der Waals surface area contributed by atoms with E-state index in [0.29, 0.717) is 22.7 Å². The van der Waals surface area contributed by atoms with Crippen molar-refractivity contribution in [1.82, 2.24) is 10.3 Å². The van der Waals surface area contributed by atoms with Gasteiger partial charge in [0.1, 0.15) is 17.4 Å². The number of aryl methyl sites for hydroxylation is 2. The highest BCUT2D eigenvalue weighted by Gasteiger charge is 2.42. The summed E-state index contributed by atoms with van der Waals surface area (Å²) in [5, 5.41) is 2.92. The lowest BCUT2D eigenvalue weighted by Gasteiger charge is -2.16. The number of nitrogens with one attached hydrogen (secondary N) is 1. The summed E-state index contributed by atoms with van der Waals surface area (Å²) in [7, 11) is 0. The van der Waals surface area contributed by atoms with Crippen molar-refractivity contribution in [2.45, 2.75) is 32.6 Å². The normalized spacial score (nSPS) is 18.8. The zero-order valence-electron chi connectivity index (χ0n) is 18.3. The van der Waals surface area contributed by atoms with Gasteiger partial charge in [-0.1, -0.05) is 17.7 Å². The zero-order chi connectivity index (χ0) is 24.1. The smallest absolute Gasteiger partial charge is 0.269 e. The van der Waals surface area contributed by atoms with Crippen molar-refractivity contribution in [2.24, 2.45) is 16.6 Å². The number of benzene rings is 1. The minimum Gasteiger partial charge on any atom is -0.403 e. The summed E-state index contributed by atoms with van der Waals surface area (Å²) in [6, 6.07) is 7.53. The van der Waals surface area contributed by atoms with Crippen LogP contribution in [0.15, 0.2) is 46.6 Å². The molecule has 172 valence electrons. The van der Waals surface area contributed by atoms with Gasteiger partial charge >= 0.3 is 0 Å². The second kappa shape index (κ2) is 10.5. The summed E-state index contributed by atoms with van der Waals surface area (Å²) in [5.41, 5.74) is 8.19. The Hall–Kier alpha value is -3.39. The molecule has 0 saturated heterocycles. The maximum Gasteiger partial charge on any atom is 0.269 e. The predicted octanol–water partition coefficient (Wildman–Crippen LogP) is 3.64. The monoisotopic (exact) mass is 470 g/mol. The number of nitrogens with two attached hydrogens (primary N) is 1. The highest BCUT2D eigenvalue weighted by Crippen LogP contribution is 2.38. The van der Waals surface area contributed by atoms with Crippen molar-refractivity contribution in [2.75, 3.05) is 6.54 Å². The zero-order valence-corrected chi connectivity index (χ0v) is 19.0. The van der Waals surface area contributed by atoms with Crippen LogP contribution >= 0.6 is 11.6 Å². The molecule has 2 unspecified atom stereocenters. The van der Waals surface area contributed by atoms with E-state index in [0.717, 1.165) is 17.2 Å². The third-order valence-electron chi connectivity index (χ3n) is 5.55. The van der Waals surface area contributed by atoms with Gasteiger partial charge < -0.3 is 11.1 Å². The Morgan fingerprint density at radius 1 is 1.30 bits per heavy atom. The van der Waals surface area contributed by atoms with Gasteiger partial charge in [0.15, 0.2) is 5.78 Å². The lowest BCUT2D eigenvalue weighted by Crippen LogP contribution is -2.28. The summed E-state index contributed by atoms with van der Waals surface area (Å²) >= 11 is 5.84. The number of nitrogens with zero attached hydrogens (tertiary/aromatic N) is 2. The summed E-state index contributed by atoms with van der Waals surface area (Å²) in [6.07, 6.45) is 3.08. The Labute approximate surface area is 195 Å². The largest absolute Gasteiger partial charge is 0.403 e. The third-order valence-corrected chi connectivity index (χ3v) is 5.77. The first-order valence-corrected chi connectivity index (χ1v) is 10.8. The Bertz CT molecular complexity index is 1140. The van der Waals surface area contributed by atoms with Crippen LogP contribution < -0.4 is 11.1 Å². The molecule has 1 aliphatic carbocycles. The molecule has 1 amide bonds. The Morgan fingerprint density at radius 3 is 2.64 bits per heavy atom. The molecule has 0 spiro atoms. The van der Waals surface area contributed by atoms with Gasteiger partial charge in [-0.25, -0.2) is 4.98 Å². The number of amides is 1. The molecule has 2 aromatic rings. The highest BCUT2D eigenvalue weighted by atomic mass is 35.5. The molecule has 0 radical (unpaired) electrons. The third kappa shape index (κ3) is 5.70. The number of pyridine rings is 1. The summed E-state index contributed by atoms with van der Waals surface area (Å²) < 4.78 is 13.2. The van der Waals surface area contributed by atoms with E-state index in [1.165, 1.54) is 24.5 Å². The second-order valence-corrected chi connectivity index (χ2v) is 8.33. The van der Waals surface area contributed by atoms with E-state index < -0.39 is 23.7 Å². The lowest BCUT2D eigenvalue weighted by molar-refractivity contribution is -0.124. The first-order chi connectivity index (χ1) is 15.7. The van der Waals surface area contributed by atoms with Crippen LogP contribution in [-0.2, 0) is 9.59 Å². The molecule has 1 fully saturated rings. The molecular formula is C24H24ClFN4O3. The van der Waals surface area contributed by atoms with Gasteiger partial charge in [0, 0.05) is 31.3 Å². The number of hydrogen-bond donors (Lipinski definition) is 2. The van der Waals surface area contributed by atoms with Crippen LogP contribution in [0.2, 0.25) is 0 Å². The average Bonchev–Trinajstić information content (AvgIpc) is 3.05. The van der Waals surface area contributed by atoms with Crippen LogP contribution in [0.4, 0.5) is 10.1 Å². The van der Waals surface area contributed by atoms with Gasteiger partial charge in [-0.3, -0.25) is 19.4 Å². The molecular weight excluding hydrogens is 447 g/mol. The second-order valence-electron chi connectivity index (χ2n) is 7.90. The molecule has 9 heteroatoms. The quantitative estimate of drug-likeness (QED) is 0.364. The molecule has 3 N–H and O–H groups in total. The summed E-state index contributed by atoms with van der Waals surface area (Å²) in [6.45, 7) is 3.85. The van der Waals surface area contributed by atoms with Gasteiger partial charge in [0.25, 0.3) is 5.91 Å². The summed E-state index contributed by atoms with van der Waals surface area (Å²) in [4.78, 5) is 45.8. The topological polar surface area (TPSA) is 115 Å². The number of hydrogen-bond acceptors (Lipinski definition) is 6. The van der Waals surface area contributed by atoms with E-state index in [1.807, 2.05) is 13.8 Å². The molecule has 0 bridgehead atoms. The fourth-order valence-corrected chi connectivity index (χ4v) is 4.10. The van der Waals surface area contributed by atoms with Crippen LogP contribution in [0.5, 0.6) is 0 Å². The number of allylic oxidation sites excluding steroid dienone is 1. The first kappa shape index (κ1) is 24.3. The molecule has 1 aromatic heterocycles. The average molecular weight is 471 g/mol. The summed E-state index contributed by atoms with van der Waals surface area (Å²) in [5.74, 6) is -2.90. The lowest BCUT2D eigenvalue weighted by atomic mass is 9.87. The van der Waals surface area contributed by atoms with Gasteiger partial charge in [-0.2, -0.15) is 4.39 Å². The number of rotatable bonds is 7. The predicted molar refractivity (Wildman–Crippen MR) is 124 cm³/mol. The van der Waals surface area contributed by atoms with Gasteiger partial charge in [0.2, 0.25) is 5.95 Å². The standard InChI is InChI=1S/C24H24ClFN4O3/c1-13-8-17(29-12-16(25)11-27)9-14(2)21(13)22-19(31)10-15(23(22)32)6-7-28-24(33)18-4-3-5-20(26)30-18/h3-5,8-9,11-12,15,22H,6-7,10,27H2,1-2H3,(H,28,33). The Kier molecular flexibility index (Phi) is 7.71. The van der Waals surface area contributed by atoms with E-state index in [4.69, 9.17) is 17.3 Å². The molecule has 0 aliphatic heterocycles. The maximum atomic E-state index is 13.2. The molecule has 1 saturated carbocycles. The number of carbonyl (C=O) groups excluding carboxylic acids is 3.